The molecular formula is C19H21N7. The molecule has 1 N–H and O–H groups in total. The van der Waals surface area contributed by atoms with E-state index in [1.165, 1.54) is 0 Å². The molecule has 5 rings (SSSR count). The average molecular weight is 347 g/mol. The summed E-state index contributed by atoms with van der Waals surface area (Å²) in [7, 11) is 0. The number of aromatic nitrogens is 6. The molecule has 132 valence electrons. The number of imidazole rings is 1. The molecule has 1 fully saturated rings. The predicted octanol–water partition coefficient (Wildman–Crippen LogP) is 3.35. The second-order valence-corrected chi connectivity index (χ2v) is 7.97. The first kappa shape index (κ1) is 15.3. The van der Waals surface area contributed by atoms with Gasteiger partial charge in [0.05, 0.1) is 17.9 Å². The van der Waals surface area contributed by atoms with Gasteiger partial charge in [-0.1, -0.05) is 13.8 Å². The van der Waals surface area contributed by atoms with Crippen LogP contribution in [-0.4, -0.2) is 35.0 Å². The van der Waals surface area contributed by atoms with Crippen LogP contribution in [0.3, 0.4) is 0 Å². The van der Waals surface area contributed by atoms with Crippen LogP contribution in [0.1, 0.15) is 32.4 Å². The van der Waals surface area contributed by atoms with Crippen LogP contribution in [-0.2, 0) is 0 Å². The summed E-state index contributed by atoms with van der Waals surface area (Å²) in [5.41, 5.74) is 4.53. The van der Waals surface area contributed by atoms with Crippen molar-refractivity contribution in [3.05, 3.63) is 42.7 Å². The minimum atomic E-state index is 0.430. The summed E-state index contributed by atoms with van der Waals surface area (Å²) in [5.74, 6) is 1.39. The number of nitrogens with one attached hydrogen (secondary N) is 1. The molecule has 1 aliphatic carbocycles. The SMILES string of the molecule is Cc1cnc2ncc(-c3ccn4nc(NC5CC(C)(C)C5)ncc34)cn12. The molecule has 7 nitrogen and oxygen atoms in total. The summed E-state index contributed by atoms with van der Waals surface area (Å²) in [4.78, 5) is 13.2. The Morgan fingerprint density at radius 3 is 2.73 bits per heavy atom. The molecule has 4 aromatic rings. The van der Waals surface area contributed by atoms with Crippen molar-refractivity contribution < 1.29 is 0 Å². The molecule has 0 aromatic carbocycles. The molecule has 0 radical (unpaired) electrons. The normalized spacial score (nSPS) is 16.9. The molecule has 0 atom stereocenters. The summed E-state index contributed by atoms with van der Waals surface area (Å²) in [6.07, 6.45) is 11.9. The highest BCUT2D eigenvalue weighted by Crippen LogP contribution is 2.41. The third-order valence-electron chi connectivity index (χ3n) is 5.21. The van der Waals surface area contributed by atoms with Crippen LogP contribution in [0.2, 0.25) is 0 Å². The van der Waals surface area contributed by atoms with Gasteiger partial charge in [-0.2, -0.15) is 0 Å². The summed E-state index contributed by atoms with van der Waals surface area (Å²) >= 11 is 0. The van der Waals surface area contributed by atoms with Crippen molar-refractivity contribution >= 4 is 17.2 Å². The molecule has 1 aliphatic rings. The predicted molar refractivity (Wildman–Crippen MR) is 100 cm³/mol. The number of fused-ring (bicyclic) bond motifs is 2. The first-order chi connectivity index (χ1) is 12.5. The van der Waals surface area contributed by atoms with E-state index in [9.17, 15) is 0 Å². The van der Waals surface area contributed by atoms with Gasteiger partial charge < -0.3 is 5.32 Å². The number of nitrogens with zero attached hydrogens (tertiary/aromatic N) is 6. The zero-order valence-corrected chi connectivity index (χ0v) is 15.1. The molecule has 7 heteroatoms. The van der Waals surface area contributed by atoms with Crippen molar-refractivity contribution in [2.45, 2.75) is 39.7 Å². The molecule has 0 amide bonds. The number of hydrogen-bond donors (Lipinski definition) is 1. The largest absolute Gasteiger partial charge is 0.350 e. The Labute approximate surface area is 151 Å². The second-order valence-electron chi connectivity index (χ2n) is 7.97. The number of aryl methyl sites for hydroxylation is 1. The summed E-state index contributed by atoms with van der Waals surface area (Å²) in [6, 6.07) is 2.52. The third-order valence-corrected chi connectivity index (χ3v) is 5.21. The molecule has 0 aliphatic heterocycles. The number of anilines is 1. The molecule has 4 heterocycles. The zero-order chi connectivity index (χ0) is 17.9. The fraction of sp³-hybridized carbons (Fsp3) is 0.368. The lowest BCUT2D eigenvalue weighted by Gasteiger charge is -2.42. The van der Waals surface area contributed by atoms with Crippen molar-refractivity contribution in [3.8, 4) is 11.1 Å². The van der Waals surface area contributed by atoms with Crippen LogP contribution in [0.4, 0.5) is 5.95 Å². The Morgan fingerprint density at radius 2 is 1.92 bits per heavy atom. The van der Waals surface area contributed by atoms with E-state index < -0.39 is 0 Å². The molecule has 0 spiro atoms. The fourth-order valence-corrected chi connectivity index (χ4v) is 3.90. The van der Waals surface area contributed by atoms with E-state index in [1.807, 2.05) is 40.6 Å². The van der Waals surface area contributed by atoms with Gasteiger partial charge in [0.25, 0.3) is 0 Å². The van der Waals surface area contributed by atoms with E-state index in [2.05, 4.69) is 51.5 Å². The van der Waals surface area contributed by atoms with E-state index in [1.54, 1.807) is 0 Å². The molecule has 26 heavy (non-hydrogen) atoms. The van der Waals surface area contributed by atoms with Gasteiger partial charge in [-0.3, -0.25) is 4.40 Å². The van der Waals surface area contributed by atoms with Crippen molar-refractivity contribution in [1.82, 2.24) is 29.0 Å². The maximum atomic E-state index is 4.62. The third kappa shape index (κ3) is 2.42. The standard InChI is InChI=1S/C19H21N7/c1-12-8-21-18-22-9-13(11-25(12)18)15-4-5-26-16(15)10-20-17(24-26)23-14-6-19(2,3)7-14/h4-5,8-11,14H,6-7H2,1-3H3,(H,23,24). The Bertz CT molecular complexity index is 1110. The van der Waals surface area contributed by atoms with E-state index in [0.29, 0.717) is 23.2 Å². The maximum absolute atomic E-state index is 4.62. The van der Waals surface area contributed by atoms with Crippen LogP contribution in [0.15, 0.2) is 37.1 Å². The van der Waals surface area contributed by atoms with Crippen LogP contribution in [0.5, 0.6) is 0 Å². The zero-order valence-electron chi connectivity index (χ0n) is 15.1. The minimum absolute atomic E-state index is 0.430. The van der Waals surface area contributed by atoms with Crippen LogP contribution in [0.25, 0.3) is 22.4 Å². The highest BCUT2D eigenvalue weighted by Gasteiger charge is 2.36. The van der Waals surface area contributed by atoms with Gasteiger partial charge in [-0.05, 0) is 31.2 Å². The van der Waals surface area contributed by atoms with Crippen molar-refractivity contribution in [2.24, 2.45) is 5.41 Å². The molecule has 0 saturated heterocycles. The number of hydrogen-bond acceptors (Lipinski definition) is 5. The quantitative estimate of drug-likeness (QED) is 0.615. The lowest BCUT2D eigenvalue weighted by Crippen LogP contribution is -2.41. The van der Waals surface area contributed by atoms with Crippen molar-refractivity contribution in [1.29, 1.82) is 0 Å². The highest BCUT2D eigenvalue weighted by molar-refractivity contribution is 5.79. The van der Waals surface area contributed by atoms with Gasteiger partial charge in [-0.25, -0.2) is 19.5 Å². The Kier molecular flexibility index (Phi) is 3.10. The molecule has 0 unspecified atom stereocenters. The topological polar surface area (TPSA) is 72.4 Å². The summed E-state index contributed by atoms with van der Waals surface area (Å²) in [6.45, 7) is 6.60. The average Bonchev–Trinajstić information content (AvgIpc) is 3.16. The Morgan fingerprint density at radius 1 is 1.12 bits per heavy atom. The van der Waals surface area contributed by atoms with E-state index in [0.717, 1.165) is 35.2 Å². The smallest absolute Gasteiger partial charge is 0.241 e. The van der Waals surface area contributed by atoms with Gasteiger partial charge in [0.2, 0.25) is 11.7 Å². The van der Waals surface area contributed by atoms with Gasteiger partial charge in [0.1, 0.15) is 0 Å². The summed E-state index contributed by atoms with van der Waals surface area (Å²) in [5, 5.41) is 8.05. The first-order valence-corrected chi connectivity index (χ1v) is 8.90. The monoisotopic (exact) mass is 347 g/mol. The molecular weight excluding hydrogens is 326 g/mol. The summed E-state index contributed by atoms with van der Waals surface area (Å²) < 4.78 is 3.87. The minimum Gasteiger partial charge on any atom is -0.350 e. The molecule has 1 saturated carbocycles. The van der Waals surface area contributed by atoms with Gasteiger partial charge in [-0.15, -0.1) is 5.10 Å². The lowest BCUT2D eigenvalue weighted by molar-refractivity contribution is 0.167. The van der Waals surface area contributed by atoms with Crippen LogP contribution < -0.4 is 5.32 Å². The Hall–Kier alpha value is -2.96. The fourth-order valence-electron chi connectivity index (χ4n) is 3.90. The van der Waals surface area contributed by atoms with E-state index >= 15 is 0 Å². The maximum Gasteiger partial charge on any atom is 0.241 e. The first-order valence-electron chi connectivity index (χ1n) is 8.90. The lowest BCUT2D eigenvalue weighted by atomic mass is 9.68. The second kappa shape index (κ2) is 5.27. The van der Waals surface area contributed by atoms with Crippen molar-refractivity contribution in [2.75, 3.05) is 5.32 Å². The van der Waals surface area contributed by atoms with Crippen molar-refractivity contribution in [3.63, 3.8) is 0 Å². The molecule has 0 bridgehead atoms. The Balaban J connectivity index is 1.48. The van der Waals surface area contributed by atoms with E-state index in [4.69, 9.17) is 0 Å². The highest BCUT2D eigenvalue weighted by atomic mass is 15.3. The molecule has 4 aromatic heterocycles. The van der Waals surface area contributed by atoms with E-state index in [-0.39, 0.29) is 0 Å². The van der Waals surface area contributed by atoms with Crippen LogP contribution >= 0.6 is 0 Å². The van der Waals surface area contributed by atoms with Gasteiger partial charge in [0, 0.05) is 41.5 Å². The number of rotatable bonds is 3. The van der Waals surface area contributed by atoms with Crippen LogP contribution in [0, 0.1) is 12.3 Å². The van der Waals surface area contributed by atoms with Gasteiger partial charge >= 0.3 is 0 Å². The van der Waals surface area contributed by atoms with Gasteiger partial charge in [0.15, 0.2) is 0 Å².